The van der Waals surface area contributed by atoms with Gasteiger partial charge < -0.3 is 60.4 Å². The molecule has 14 rings (SSSR count). The summed E-state index contributed by atoms with van der Waals surface area (Å²) in [6.07, 6.45) is 13.0. The van der Waals surface area contributed by atoms with Crippen molar-refractivity contribution in [3.63, 3.8) is 0 Å². The van der Waals surface area contributed by atoms with Gasteiger partial charge in [-0.05, 0) is 142 Å². The number of aryl methyl sites for hydroxylation is 4. The molecule has 4 fully saturated rings. The van der Waals surface area contributed by atoms with Gasteiger partial charge in [0.2, 0.25) is 23.5 Å². The molecular formula is C80H84BBr3Cl3FN8NaO10. The Morgan fingerprint density at radius 2 is 0.916 bits per heavy atom. The van der Waals surface area contributed by atoms with Crippen molar-refractivity contribution in [1.29, 1.82) is 0 Å². The van der Waals surface area contributed by atoms with Gasteiger partial charge in [-0.25, -0.2) is 24.3 Å². The second kappa shape index (κ2) is 45.6. The monoisotopic (exact) mass is 1710 g/mol. The second-order valence-electron chi connectivity index (χ2n) is 24.8. The van der Waals surface area contributed by atoms with E-state index in [4.69, 9.17) is 52.0 Å². The molecule has 4 aliphatic rings. The van der Waals surface area contributed by atoms with E-state index in [2.05, 4.69) is 93.8 Å². The molecule has 3 radical (unpaired) electrons. The number of carbonyl (C=O) groups excluding carboxylic acids is 2. The Balaban J connectivity index is 0.000000241. The van der Waals surface area contributed by atoms with Crippen molar-refractivity contribution in [1.82, 2.24) is 25.3 Å². The second-order valence-corrected chi connectivity index (χ2v) is 28.4. The van der Waals surface area contributed by atoms with E-state index >= 15 is 0 Å². The SMILES string of the molecule is Cc1ccc(O[C@H]2CCN(c3cc(Br)ccc3C=O)C2)nc1.Cc1ccc(O[C@H]2CCN(c3cc(Br)ccc3CO)C2)nc1.Cc1ccc(O[C@H]2CCN(c3cc(Oc4ccccc4Cl)ccc3CO)C2)nc1.Cc1ccc(O[C@H]2CCNC2)nc1.Cl.O=Cc1ccc(Br)cc1F.Oc1ccccc1Cl.[B].[H-].[Na+]. The van der Waals surface area contributed by atoms with Crippen molar-refractivity contribution in [3.8, 4) is 40.8 Å². The molecule has 4 N–H and O–H groups in total. The Morgan fingerprint density at radius 3 is 1.32 bits per heavy atom. The van der Waals surface area contributed by atoms with Gasteiger partial charge in [-0.1, -0.05) is 132 Å². The van der Waals surface area contributed by atoms with Crippen molar-refractivity contribution in [2.45, 2.75) is 91.0 Å². The van der Waals surface area contributed by atoms with E-state index in [1.165, 1.54) is 12.1 Å². The Bertz CT molecular complexity index is 4370. The Morgan fingerprint density at radius 1 is 0.514 bits per heavy atom. The van der Waals surface area contributed by atoms with Gasteiger partial charge in [-0.15, -0.1) is 12.4 Å². The minimum atomic E-state index is -0.496. The van der Waals surface area contributed by atoms with Crippen LogP contribution in [0.4, 0.5) is 21.5 Å². The van der Waals surface area contributed by atoms with E-state index in [-0.39, 0.29) is 94.6 Å². The zero-order chi connectivity index (χ0) is 73.9. The molecular weight excluding hydrogens is 1630 g/mol. The predicted octanol–water partition coefficient (Wildman–Crippen LogP) is 14.6. The van der Waals surface area contributed by atoms with Crippen molar-refractivity contribution in [3.05, 3.63) is 268 Å². The normalized spacial score (nSPS) is 15.8. The maximum Gasteiger partial charge on any atom is 1.00 e. The number of nitrogens with zero attached hydrogens (tertiary/aromatic N) is 7. The summed E-state index contributed by atoms with van der Waals surface area (Å²) in [6.45, 7) is 14.9. The average Bonchev–Trinajstić information content (AvgIpc) is 1.56. The zero-order valence-corrected chi connectivity index (χ0v) is 69.0. The quantitative estimate of drug-likeness (QED) is 0.0493. The molecule has 4 saturated heterocycles. The van der Waals surface area contributed by atoms with Crippen LogP contribution in [-0.4, -0.2) is 133 Å². The number of anilines is 3. The summed E-state index contributed by atoms with van der Waals surface area (Å²) in [5.41, 5.74) is 10.1. The average molecular weight is 1720 g/mol. The third-order valence-electron chi connectivity index (χ3n) is 16.7. The number of phenolic OH excluding ortho intramolecular Hbond substituents is 1. The molecule has 0 bridgehead atoms. The summed E-state index contributed by atoms with van der Waals surface area (Å²) in [6, 6.07) is 51.3. The number of para-hydroxylation sites is 2. The standard InChI is InChI=1S/C23H23ClN2O3.C17H19BrN2O2.C17H17BrN2O2.C10H14N2O.C7H4BrFO.C6H5ClO.B.ClH.Na.H/c1-16-6-9-23(25-13-16)29-19-10-11-26(14-19)21-12-18(8-7-17(21)15-27)28-22-5-3-2-4-20(22)24;2*1-12-2-5-17(19-9-12)22-15-6-7-20(10-15)16-8-14(18)4-3-13(16)11-21;1-8-2-3-10(12-6-8)13-9-4-5-11-7-9;8-6-2-1-5(4-10)7(9)3-6;7-5-3-1-2-4-6(5)8;;;;/h2-9,12-13,19,27H,10-11,14-15H2,1H3;2-5,8-9,15,21H,6-7,10-11H2,1H3;2-5,8-9,11,15H,6-7,10H2,1H3;2-3,6,9,11H,4-5,7H2,1H3;1-4H;1-4,8H;;1H;;/q;;;;;;;;+1;-1/t19-;2*15-;9-;;;;;;/m0000....../s1. The van der Waals surface area contributed by atoms with Crippen molar-refractivity contribution < 1.29 is 84.0 Å². The van der Waals surface area contributed by atoms with Gasteiger partial charge in [-0.2, -0.15) is 0 Å². The summed E-state index contributed by atoms with van der Waals surface area (Å²) < 4.78 is 44.8. The third kappa shape index (κ3) is 28.2. The molecule has 27 heteroatoms. The van der Waals surface area contributed by atoms with E-state index in [0.29, 0.717) is 61.6 Å². The Kier molecular flexibility index (Phi) is 37.7. The summed E-state index contributed by atoms with van der Waals surface area (Å²) >= 11 is 21.7. The molecule has 4 aromatic heterocycles. The number of carbonyl (C=O) groups is 2. The first-order valence-electron chi connectivity index (χ1n) is 33.8. The Hall–Kier alpha value is -7.36. The van der Waals surface area contributed by atoms with Gasteiger partial charge in [0.05, 0.1) is 48.5 Å². The fourth-order valence-corrected chi connectivity index (χ4v) is 12.6. The maximum atomic E-state index is 12.6. The summed E-state index contributed by atoms with van der Waals surface area (Å²) in [5, 5.41) is 32.3. The van der Waals surface area contributed by atoms with Crippen molar-refractivity contribution in [2.24, 2.45) is 0 Å². The number of hydrogen-bond donors (Lipinski definition) is 4. The largest absolute Gasteiger partial charge is 1.00 e. The van der Waals surface area contributed by atoms with Gasteiger partial charge in [0.25, 0.3) is 0 Å². The topological polar surface area (TPSA) is 214 Å². The molecule has 4 aliphatic heterocycles. The van der Waals surface area contributed by atoms with Crippen molar-refractivity contribution >= 4 is 121 Å². The van der Waals surface area contributed by atoms with E-state index in [1.807, 2.05) is 155 Å². The molecule has 8 heterocycles. The zero-order valence-electron chi connectivity index (χ0n) is 60.9. The van der Waals surface area contributed by atoms with Crippen LogP contribution < -0.4 is 73.3 Å². The summed E-state index contributed by atoms with van der Waals surface area (Å²) in [5.74, 6) is 3.62. The molecule has 0 spiro atoms. The number of hydrogen-bond acceptors (Lipinski definition) is 18. The number of aromatic nitrogens is 4. The van der Waals surface area contributed by atoms with E-state index in [0.717, 1.165) is 150 Å². The molecule has 0 aliphatic carbocycles. The minimum absolute atomic E-state index is 0. The summed E-state index contributed by atoms with van der Waals surface area (Å²) in [7, 11) is 0. The van der Waals surface area contributed by atoms with Crippen molar-refractivity contribution in [2.75, 3.05) is 67.1 Å². The first kappa shape index (κ1) is 88.5. The molecule has 6 aromatic carbocycles. The van der Waals surface area contributed by atoms with Crippen LogP contribution >= 0.6 is 83.4 Å². The predicted molar refractivity (Wildman–Crippen MR) is 432 cm³/mol. The first-order chi connectivity index (χ1) is 50.3. The van der Waals surface area contributed by atoms with Crippen LogP contribution in [-0.2, 0) is 13.2 Å². The van der Waals surface area contributed by atoms with Gasteiger partial charge in [0.15, 0.2) is 12.6 Å². The van der Waals surface area contributed by atoms with Crippen LogP contribution in [0, 0.1) is 33.5 Å². The maximum absolute atomic E-state index is 12.6. The number of benzene rings is 6. The Labute approximate surface area is 691 Å². The van der Waals surface area contributed by atoms with E-state index in [9.17, 15) is 24.2 Å². The number of aldehydes is 2. The summed E-state index contributed by atoms with van der Waals surface area (Å²) in [4.78, 5) is 45.1. The smallest absolute Gasteiger partial charge is 1.00 e. The fourth-order valence-electron chi connectivity index (χ4n) is 11.2. The molecule has 4 atom stereocenters. The minimum Gasteiger partial charge on any atom is -1.00 e. The number of phenols is 1. The molecule has 0 unspecified atom stereocenters. The number of halogens is 7. The van der Waals surface area contributed by atoms with E-state index in [1.54, 1.807) is 48.8 Å². The van der Waals surface area contributed by atoms with Gasteiger partial charge in [0.1, 0.15) is 47.5 Å². The van der Waals surface area contributed by atoms with Gasteiger partial charge >= 0.3 is 29.6 Å². The number of pyridine rings is 4. The van der Waals surface area contributed by atoms with Crippen LogP contribution in [0.15, 0.2) is 208 Å². The van der Waals surface area contributed by atoms with Crippen LogP contribution in [0.25, 0.3) is 0 Å². The van der Waals surface area contributed by atoms with Crippen LogP contribution in [0.5, 0.6) is 40.8 Å². The molecule has 0 saturated carbocycles. The van der Waals surface area contributed by atoms with Gasteiger partial charge in [0, 0.05) is 156 Å². The molecule has 18 nitrogen and oxygen atoms in total. The number of rotatable bonds is 17. The first-order valence-corrected chi connectivity index (χ1v) is 36.9. The van der Waals surface area contributed by atoms with E-state index < -0.39 is 5.82 Å². The number of ether oxygens (including phenoxy) is 5. The van der Waals surface area contributed by atoms with Crippen LogP contribution in [0.1, 0.15) is 81.2 Å². The molecule has 0 amide bonds. The van der Waals surface area contributed by atoms with Crippen LogP contribution in [0.2, 0.25) is 10.0 Å². The molecule has 107 heavy (non-hydrogen) atoms. The van der Waals surface area contributed by atoms with Crippen LogP contribution in [0.3, 0.4) is 0 Å². The van der Waals surface area contributed by atoms with Gasteiger partial charge in [-0.3, -0.25) is 9.59 Å². The number of nitrogens with one attached hydrogen (secondary N) is 1. The molecule has 557 valence electrons. The number of aliphatic hydroxyl groups excluding tert-OH is 2. The molecule has 10 aromatic rings. The fraction of sp³-hybridized carbons (Fsp3) is 0.275. The third-order valence-corrected chi connectivity index (χ3v) is 18.8. The number of aromatic hydroxyl groups is 1. The number of aliphatic hydroxyl groups is 2.